The smallest absolute Gasteiger partial charge is 0.151 e. The van der Waals surface area contributed by atoms with Crippen LogP contribution in [0, 0.1) is 0 Å². The summed E-state index contributed by atoms with van der Waals surface area (Å²) >= 11 is 6.04. The van der Waals surface area contributed by atoms with Gasteiger partial charge in [-0.1, -0.05) is 11.6 Å². The van der Waals surface area contributed by atoms with Crippen LogP contribution < -0.4 is 14.8 Å². The normalized spacial score (nSPS) is 23.5. The second-order valence-electron chi connectivity index (χ2n) is 3.83. The van der Waals surface area contributed by atoms with Crippen molar-refractivity contribution < 1.29 is 14.2 Å². The lowest BCUT2D eigenvalue weighted by Gasteiger charge is -2.18. The fraction of sp³-hybridized carbons (Fsp3) is 0.500. The summed E-state index contributed by atoms with van der Waals surface area (Å²) in [6, 6.07) is 5.70. The van der Waals surface area contributed by atoms with Crippen molar-refractivity contribution in [1.29, 1.82) is 0 Å². The van der Waals surface area contributed by atoms with E-state index in [2.05, 4.69) is 5.32 Å². The lowest BCUT2D eigenvalue weighted by Crippen LogP contribution is -2.25. The lowest BCUT2D eigenvalue weighted by molar-refractivity contribution is 0.165. The molecule has 1 aliphatic rings. The van der Waals surface area contributed by atoms with E-state index in [0.29, 0.717) is 6.61 Å². The zero-order valence-corrected chi connectivity index (χ0v) is 10.7. The molecule has 0 saturated carbocycles. The first-order chi connectivity index (χ1) is 8.24. The highest BCUT2D eigenvalue weighted by atomic mass is 35.5. The fourth-order valence-electron chi connectivity index (χ4n) is 1.82. The van der Waals surface area contributed by atoms with Gasteiger partial charge in [-0.2, -0.15) is 0 Å². The summed E-state index contributed by atoms with van der Waals surface area (Å²) in [5.74, 6) is 1.54. The third kappa shape index (κ3) is 2.76. The number of nitrogens with one attached hydrogen (secondary N) is 1. The van der Waals surface area contributed by atoms with Crippen LogP contribution in [0.5, 0.6) is 11.5 Å². The molecule has 5 heteroatoms. The Kier molecular flexibility index (Phi) is 3.97. The predicted octanol–water partition coefficient (Wildman–Crippen LogP) is 2.47. The Hall–Kier alpha value is -1.13. The van der Waals surface area contributed by atoms with Crippen LogP contribution in [0.1, 0.15) is 6.42 Å². The number of hydrogen-bond donors (Lipinski definition) is 1. The summed E-state index contributed by atoms with van der Waals surface area (Å²) in [4.78, 5) is 0. The minimum Gasteiger partial charge on any atom is -0.497 e. The Labute approximate surface area is 106 Å². The molecule has 0 spiro atoms. The largest absolute Gasteiger partial charge is 0.497 e. The number of anilines is 1. The third-order valence-corrected chi connectivity index (χ3v) is 3.20. The molecule has 1 heterocycles. The van der Waals surface area contributed by atoms with Crippen LogP contribution in [-0.2, 0) is 4.74 Å². The average Bonchev–Trinajstić information content (AvgIpc) is 2.75. The number of halogens is 1. The van der Waals surface area contributed by atoms with Crippen LogP contribution in [-0.4, -0.2) is 32.4 Å². The van der Waals surface area contributed by atoms with E-state index in [0.717, 1.165) is 23.6 Å². The first kappa shape index (κ1) is 12.3. The Bertz CT molecular complexity index is 386. The summed E-state index contributed by atoms with van der Waals surface area (Å²) in [5, 5.41) is 3.32. The van der Waals surface area contributed by atoms with Crippen molar-refractivity contribution in [3.8, 4) is 11.5 Å². The molecule has 1 aromatic carbocycles. The van der Waals surface area contributed by atoms with Gasteiger partial charge in [-0.25, -0.2) is 0 Å². The molecule has 1 aliphatic heterocycles. The van der Waals surface area contributed by atoms with Crippen LogP contribution in [0.3, 0.4) is 0 Å². The van der Waals surface area contributed by atoms with Crippen LogP contribution >= 0.6 is 11.6 Å². The zero-order chi connectivity index (χ0) is 12.3. The molecule has 0 aliphatic carbocycles. The molecule has 2 unspecified atom stereocenters. The first-order valence-corrected chi connectivity index (χ1v) is 5.92. The van der Waals surface area contributed by atoms with Gasteiger partial charge in [0.05, 0.1) is 32.6 Å². The van der Waals surface area contributed by atoms with Crippen LogP contribution in [0.15, 0.2) is 18.2 Å². The van der Waals surface area contributed by atoms with Crippen molar-refractivity contribution in [1.82, 2.24) is 0 Å². The van der Waals surface area contributed by atoms with E-state index in [1.165, 1.54) is 0 Å². The van der Waals surface area contributed by atoms with Gasteiger partial charge in [-0.05, 0) is 18.6 Å². The summed E-state index contributed by atoms with van der Waals surface area (Å²) in [6.07, 6.45) is 0.883. The van der Waals surface area contributed by atoms with E-state index in [1.54, 1.807) is 14.2 Å². The second kappa shape index (κ2) is 5.47. The number of benzene rings is 1. The minimum atomic E-state index is -0.300. The molecule has 2 atom stereocenters. The average molecular weight is 258 g/mol. The number of ether oxygens (including phenoxy) is 3. The van der Waals surface area contributed by atoms with E-state index in [9.17, 15) is 0 Å². The van der Waals surface area contributed by atoms with Crippen molar-refractivity contribution in [3.05, 3.63) is 18.2 Å². The van der Waals surface area contributed by atoms with E-state index >= 15 is 0 Å². The molecular weight excluding hydrogens is 242 g/mol. The predicted molar refractivity (Wildman–Crippen MR) is 67.2 cm³/mol. The fourth-order valence-corrected chi connectivity index (χ4v) is 2.10. The molecule has 1 fully saturated rings. The van der Waals surface area contributed by atoms with Gasteiger partial charge < -0.3 is 19.5 Å². The molecule has 17 heavy (non-hydrogen) atoms. The number of hydrogen-bond acceptors (Lipinski definition) is 4. The van der Waals surface area contributed by atoms with Crippen LogP contribution in [0.4, 0.5) is 5.69 Å². The molecule has 0 radical (unpaired) electrons. The highest BCUT2D eigenvalue weighted by molar-refractivity contribution is 6.20. The highest BCUT2D eigenvalue weighted by Gasteiger charge is 2.26. The summed E-state index contributed by atoms with van der Waals surface area (Å²) in [5.41, 5.74) is 0.568. The molecule has 4 nitrogen and oxygen atoms in total. The van der Waals surface area contributed by atoms with Gasteiger partial charge in [0.1, 0.15) is 11.5 Å². The molecule has 2 rings (SSSR count). The maximum absolute atomic E-state index is 6.04. The summed E-state index contributed by atoms with van der Waals surface area (Å²) in [7, 11) is 3.27. The number of methoxy groups -OCH3 is 2. The lowest BCUT2D eigenvalue weighted by atomic mass is 10.2. The second-order valence-corrected chi connectivity index (χ2v) is 4.26. The van der Waals surface area contributed by atoms with Crippen molar-refractivity contribution >= 4 is 17.3 Å². The molecular formula is C12H16ClNO3. The van der Waals surface area contributed by atoms with Gasteiger partial charge >= 0.3 is 0 Å². The van der Waals surface area contributed by atoms with E-state index < -0.39 is 0 Å². The molecule has 1 saturated heterocycles. The molecule has 1 N–H and O–H groups in total. The van der Waals surface area contributed by atoms with E-state index in [1.807, 2.05) is 18.2 Å². The first-order valence-electron chi connectivity index (χ1n) is 5.49. The number of rotatable bonds is 4. The van der Waals surface area contributed by atoms with Crippen LogP contribution in [0.2, 0.25) is 0 Å². The summed E-state index contributed by atoms with van der Waals surface area (Å²) < 4.78 is 15.8. The topological polar surface area (TPSA) is 39.7 Å². The van der Waals surface area contributed by atoms with Gasteiger partial charge in [0.15, 0.2) is 5.56 Å². The minimum absolute atomic E-state index is 0.0951. The monoisotopic (exact) mass is 257 g/mol. The van der Waals surface area contributed by atoms with Crippen molar-refractivity contribution in [2.75, 3.05) is 26.1 Å². The van der Waals surface area contributed by atoms with Gasteiger partial charge in [-0.15, -0.1) is 0 Å². The van der Waals surface area contributed by atoms with Crippen molar-refractivity contribution in [3.63, 3.8) is 0 Å². The van der Waals surface area contributed by atoms with E-state index in [4.69, 9.17) is 25.8 Å². The van der Waals surface area contributed by atoms with Crippen molar-refractivity contribution in [2.45, 2.75) is 18.0 Å². The molecule has 0 aromatic heterocycles. The van der Waals surface area contributed by atoms with Gasteiger partial charge in [-0.3, -0.25) is 0 Å². The quantitative estimate of drug-likeness (QED) is 0.842. The number of alkyl halides is 1. The van der Waals surface area contributed by atoms with Gasteiger partial charge in [0.25, 0.3) is 0 Å². The molecule has 1 aromatic rings. The maximum Gasteiger partial charge on any atom is 0.151 e. The Morgan fingerprint density at radius 3 is 2.76 bits per heavy atom. The Morgan fingerprint density at radius 2 is 2.18 bits per heavy atom. The third-order valence-electron chi connectivity index (χ3n) is 2.77. The zero-order valence-electron chi connectivity index (χ0n) is 9.90. The Morgan fingerprint density at radius 1 is 1.35 bits per heavy atom. The van der Waals surface area contributed by atoms with Crippen LogP contribution in [0.25, 0.3) is 0 Å². The molecule has 94 valence electrons. The maximum atomic E-state index is 6.04. The van der Waals surface area contributed by atoms with Gasteiger partial charge in [0.2, 0.25) is 0 Å². The van der Waals surface area contributed by atoms with Crippen molar-refractivity contribution in [2.24, 2.45) is 0 Å². The molecule has 0 bridgehead atoms. The Balaban J connectivity index is 2.17. The SMILES string of the molecule is COc1ccc(OC)c(NC2CCOC2Cl)c1. The standard InChI is InChI=1S/C12H16ClNO3/c1-15-8-3-4-11(16-2)10(7-8)14-9-5-6-17-12(9)13/h3-4,7,9,12,14H,5-6H2,1-2H3. The molecule has 0 amide bonds. The highest BCUT2D eigenvalue weighted by Crippen LogP contribution is 2.31. The van der Waals surface area contributed by atoms with Gasteiger partial charge in [0, 0.05) is 6.07 Å². The summed E-state index contributed by atoms with van der Waals surface area (Å²) in [6.45, 7) is 0.679. The van der Waals surface area contributed by atoms with E-state index in [-0.39, 0.29) is 11.6 Å².